The van der Waals surface area contributed by atoms with Crippen molar-refractivity contribution in [1.82, 2.24) is 0 Å². The van der Waals surface area contributed by atoms with E-state index in [2.05, 4.69) is 6.92 Å². The normalized spacial score (nSPS) is 48.0. The third kappa shape index (κ3) is 0.800. The van der Waals surface area contributed by atoms with Crippen molar-refractivity contribution in [3.05, 3.63) is 0 Å². The Kier molecular flexibility index (Phi) is 1.31. The molecule has 2 rings (SSSR count). The smallest absolute Gasteiger partial charge is 0.0102 e. The van der Waals surface area contributed by atoms with Crippen molar-refractivity contribution in [1.29, 1.82) is 0 Å². The molecule has 58 valence electrons. The molecule has 2 aliphatic rings. The van der Waals surface area contributed by atoms with Gasteiger partial charge >= 0.3 is 0 Å². The molecule has 0 radical (unpaired) electrons. The molecule has 1 heteroatoms. The van der Waals surface area contributed by atoms with Crippen LogP contribution in [0.15, 0.2) is 0 Å². The fraction of sp³-hybridized carbons (Fsp3) is 1.00. The molecule has 2 unspecified atom stereocenters. The highest BCUT2D eigenvalue weighted by Gasteiger charge is 2.52. The molecule has 2 aliphatic carbocycles. The second kappa shape index (κ2) is 1.97. The van der Waals surface area contributed by atoms with Crippen LogP contribution in [0, 0.1) is 11.3 Å². The lowest BCUT2D eigenvalue weighted by Crippen LogP contribution is -2.18. The van der Waals surface area contributed by atoms with Gasteiger partial charge in [-0.05, 0) is 30.6 Å². The standard InChI is InChI=1S/C9H17N/c1-9(6-8(9)10)7-4-2-3-5-7/h7-8H,2-6,10H2,1H3. The minimum Gasteiger partial charge on any atom is -0.327 e. The van der Waals surface area contributed by atoms with E-state index in [-0.39, 0.29) is 0 Å². The minimum absolute atomic E-state index is 0.538. The SMILES string of the molecule is CC1(C2CCCC2)CC1N. The lowest BCUT2D eigenvalue weighted by molar-refractivity contribution is 0.332. The zero-order valence-electron chi connectivity index (χ0n) is 6.77. The van der Waals surface area contributed by atoms with E-state index < -0.39 is 0 Å². The molecule has 0 saturated heterocycles. The molecule has 0 aliphatic heterocycles. The van der Waals surface area contributed by atoms with Crippen molar-refractivity contribution in [3.8, 4) is 0 Å². The van der Waals surface area contributed by atoms with Crippen molar-refractivity contribution in [2.45, 2.75) is 45.1 Å². The maximum Gasteiger partial charge on any atom is 0.0102 e. The van der Waals surface area contributed by atoms with Crippen LogP contribution in [0.5, 0.6) is 0 Å². The van der Waals surface area contributed by atoms with Gasteiger partial charge in [0.25, 0.3) is 0 Å². The van der Waals surface area contributed by atoms with E-state index in [4.69, 9.17) is 5.73 Å². The maximum atomic E-state index is 5.88. The molecule has 1 nitrogen and oxygen atoms in total. The van der Waals surface area contributed by atoms with Crippen LogP contribution >= 0.6 is 0 Å². The summed E-state index contributed by atoms with van der Waals surface area (Å²) in [5.41, 5.74) is 6.45. The Labute approximate surface area is 63.0 Å². The van der Waals surface area contributed by atoms with Gasteiger partial charge in [-0.3, -0.25) is 0 Å². The van der Waals surface area contributed by atoms with Gasteiger partial charge in [0.05, 0.1) is 0 Å². The van der Waals surface area contributed by atoms with Gasteiger partial charge in [-0.1, -0.05) is 19.8 Å². The Balaban J connectivity index is 1.99. The third-order valence-corrected chi connectivity index (χ3v) is 3.63. The van der Waals surface area contributed by atoms with Crippen LogP contribution in [-0.2, 0) is 0 Å². The average Bonchev–Trinajstić information content (AvgIpc) is 2.35. The summed E-state index contributed by atoms with van der Waals surface area (Å²) >= 11 is 0. The Morgan fingerprint density at radius 2 is 1.80 bits per heavy atom. The fourth-order valence-corrected chi connectivity index (χ4v) is 2.47. The van der Waals surface area contributed by atoms with E-state index in [1.807, 2.05) is 0 Å². The van der Waals surface area contributed by atoms with Gasteiger partial charge < -0.3 is 5.73 Å². The van der Waals surface area contributed by atoms with Crippen molar-refractivity contribution < 1.29 is 0 Å². The number of nitrogens with two attached hydrogens (primary N) is 1. The molecule has 0 heterocycles. The first kappa shape index (κ1) is 6.66. The molecule has 0 aromatic rings. The molecule has 0 amide bonds. The van der Waals surface area contributed by atoms with Crippen molar-refractivity contribution in [3.63, 3.8) is 0 Å². The second-order valence-electron chi connectivity index (χ2n) is 4.30. The summed E-state index contributed by atoms with van der Waals surface area (Å²) in [4.78, 5) is 0. The van der Waals surface area contributed by atoms with Gasteiger partial charge in [0.2, 0.25) is 0 Å². The van der Waals surface area contributed by atoms with Gasteiger partial charge in [-0.15, -0.1) is 0 Å². The number of hydrogen-bond acceptors (Lipinski definition) is 1. The summed E-state index contributed by atoms with van der Waals surface area (Å²) in [6.07, 6.45) is 7.09. The summed E-state index contributed by atoms with van der Waals surface area (Å²) in [5, 5.41) is 0. The van der Waals surface area contributed by atoms with Crippen LogP contribution in [0.3, 0.4) is 0 Å². The van der Waals surface area contributed by atoms with Crippen molar-refractivity contribution >= 4 is 0 Å². The molecule has 0 aromatic carbocycles. The summed E-state index contributed by atoms with van der Waals surface area (Å²) in [7, 11) is 0. The lowest BCUT2D eigenvalue weighted by atomic mass is 9.89. The molecule has 0 bridgehead atoms. The van der Waals surface area contributed by atoms with E-state index in [1.165, 1.54) is 32.1 Å². The topological polar surface area (TPSA) is 26.0 Å². The highest BCUT2D eigenvalue weighted by atomic mass is 14.8. The maximum absolute atomic E-state index is 5.88. The van der Waals surface area contributed by atoms with E-state index in [1.54, 1.807) is 0 Å². The molecule has 2 atom stereocenters. The predicted molar refractivity (Wildman–Crippen MR) is 42.7 cm³/mol. The van der Waals surface area contributed by atoms with E-state index in [0.29, 0.717) is 11.5 Å². The van der Waals surface area contributed by atoms with Gasteiger partial charge in [-0.2, -0.15) is 0 Å². The van der Waals surface area contributed by atoms with Crippen LogP contribution in [-0.4, -0.2) is 6.04 Å². The van der Waals surface area contributed by atoms with Crippen LogP contribution < -0.4 is 5.73 Å². The molecule has 0 aromatic heterocycles. The fourth-order valence-electron chi connectivity index (χ4n) is 2.47. The Bertz CT molecular complexity index is 138. The molecule has 0 spiro atoms. The van der Waals surface area contributed by atoms with E-state index in [9.17, 15) is 0 Å². The summed E-state index contributed by atoms with van der Waals surface area (Å²) < 4.78 is 0. The largest absolute Gasteiger partial charge is 0.327 e. The Morgan fingerprint density at radius 3 is 2.20 bits per heavy atom. The molecule has 2 fully saturated rings. The zero-order valence-corrected chi connectivity index (χ0v) is 6.77. The monoisotopic (exact) mass is 139 g/mol. The molecule has 2 saturated carbocycles. The molecule has 10 heavy (non-hydrogen) atoms. The molecular formula is C9H17N. The Morgan fingerprint density at radius 1 is 1.30 bits per heavy atom. The van der Waals surface area contributed by atoms with Crippen molar-refractivity contribution in [2.75, 3.05) is 0 Å². The first-order chi connectivity index (χ1) is 4.73. The van der Waals surface area contributed by atoms with Crippen molar-refractivity contribution in [2.24, 2.45) is 17.1 Å². The number of hydrogen-bond donors (Lipinski definition) is 1. The highest BCUT2D eigenvalue weighted by molar-refractivity contribution is 5.07. The zero-order chi connectivity index (χ0) is 7.19. The quantitative estimate of drug-likeness (QED) is 0.590. The van der Waals surface area contributed by atoms with Crippen LogP contribution in [0.1, 0.15) is 39.0 Å². The summed E-state index contributed by atoms with van der Waals surface area (Å²) in [6, 6.07) is 0.538. The lowest BCUT2D eigenvalue weighted by Gasteiger charge is -2.17. The Hall–Kier alpha value is -0.0400. The van der Waals surface area contributed by atoms with Gasteiger partial charge in [0.15, 0.2) is 0 Å². The predicted octanol–water partition coefficient (Wildman–Crippen LogP) is 1.91. The first-order valence-electron chi connectivity index (χ1n) is 4.49. The third-order valence-electron chi connectivity index (χ3n) is 3.63. The summed E-state index contributed by atoms with van der Waals surface area (Å²) in [6.45, 7) is 2.37. The minimum atomic E-state index is 0.538. The van der Waals surface area contributed by atoms with Gasteiger partial charge in [0.1, 0.15) is 0 Å². The molecule has 2 N–H and O–H groups in total. The van der Waals surface area contributed by atoms with Crippen LogP contribution in [0.4, 0.5) is 0 Å². The second-order valence-corrected chi connectivity index (χ2v) is 4.30. The highest BCUT2D eigenvalue weighted by Crippen LogP contribution is 2.55. The van der Waals surface area contributed by atoms with E-state index in [0.717, 1.165) is 5.92 Å². The molecular weight excluding hydrogens is 122 g/mol. The van der Waals surface area contributed by atoms with Crippen LogP contribution in [0.2, 0.25) is 0 Å². The van der Waals surface area contributed by atoms with Gasteiger partial charge in [-0.25, -0.2) is 0 Å². The number of rotatable bonds is 1. The van der Waals surface area contributed by atoms with Gasteiger partial charge in [0, 0.05) is 6.04 Å². The van der Waals surface area contributed by atoms with Crippen LogP contribution in [0.25, 0.3) is 0 Å². The summed E-state index contributed by atoms with van der Waals surface area (Å²) in [5.74, 6) is 0.975. The first-order valence-corrected chi connectivity index (χ1v) is 4.49. The average molecular weight is 139 g/mol. The van der Waals surface area contributed by atoms with E-state index >= 15 is 0 Å².